The normalized spacial score (nSPS) is 17.5. The van der Waals surface area contributed by atoms with E-state index in [-0.39, 0.29) is 11.9 Å². The minimum atomic E-state index is -0.575. The third kappa shape index (κ3) is 5.96. The second-order valence-corrected chi connectivity index (χ2v) is 7.53. The molecule has 6 heteroatoms. The first-order valence-electron chi connectivity index (χ1n) is 9.02. The van der Waals surface area contributed by atoms with Crippen molar-refractivity contribution < 1.29 is 19.1 Å². The van der Waals surface area contributed by atoms with Crippen molar-refractivity contribution in [1.29, 1.82) is 0 Å². The van der Waals surface area contributed by atoms with Gasteiger partial charge in [0.25, 0.3) is 0 Å². The van der Waals surface area contributed by atoms with Gasteiger partial charge in [-0.2, -0.15) is 0 Å². The Morgan fingerprint density at radius 3 is 2.21 bits per heavy atom. The zero-order valence-electron chi connectivity index (χ0n) is 16.1. The standard InChI is InChI=1S/C18H34N2O4/c1-7-13-20(19(5)17(22)24-18(2,3)4)15(16(21)23-6)14-11-9-8-10-12-14/h14-15H,7-13H2,1-6H3/t15-/m0/s1. The smallest absolute Gasteiger partial charge is 0.424 e. The van der Waals surface area contributed by atoms with E-state index in [1.54, 1.807) is 7.05 Å². The predicted molar refractivity (Wildman–Crippen MR) is 93.4 cm³/mol. The van der Waals surface area contributed by atoms with Gasteiger partial charge in [-0.1, -0.05) is 26.2 Å². The fourth-order valence-electron chi connectivity index (χ4n) is 3.27. The zero-order valence-corrected chi connectivity index (χ0v) is 16.1. The molecule has 1 aliphatic rings. The second kappa shape index (κ2) is 9.25. The summed E-state index contributed by atoms with van der Waals surface area (Å²) in [6.07, 6.45) is 5.81. The van der Waals surface area contributed by atoms with Gasteiger partial charge in [-0.25, -0.2) is 14.8 Å². The highest BCUT2D eigenvalue weighted by Gasteiger charge is 2.39. The first-order valence-corrected chi connectivity index (χ1v) is 9.02. The van der Waals surface area contributed by atoms with Crippen LogP contribution in [0.25, 0.3) is 0 Å². The third-order valence-corrected chi connectivity index (χ3v) is 4.36. The van der Waals surface area contributed by atoms with Crippen LogP contribution in [0.4, 0.5) is 4.79 Å². The van der Waals surface area contributed by atoms with E-state index in [0.29, 0.717) is 6.54 Å². The van der Waals surface area contributed by atoms with E-state index in [0.717, 1.165) is 32.1 Å². The number of carbonyl (C=O) groups is 2. The van der Waals surface area contributed by atoms with Crippen molar-refractivity contribution in [2.45, 2.75) is 77.9 Å². The van der Waals surface area contributed by atoms with Gasteiger partial charge >= 0.3 is 12.1 Å². The largest absolute Gasteiger partial charge is 0.468 e. The van der Waals surface area contributed by atoms with Crippen molar-refractivity contribution in [2.24, 2.45) is 5.92 Å². The molecule has 1 aliphatic carbocycles. The van der Waals surface area contributed by atoms with Crippen molar-refractivity contribution in [2.75, 3.05) is 20.7 Å². The summed E-state index contributed by atoms with van der Waals surface area (Å²) < 4.78 is 10.5. The van der Waals surface area contributed by atoms with Gasteiger partial charge in [-0.3, -0.25) is 4.79 Å². The maximum absolute atomic E-state index is 12.5. The molecule has 0 unspecified atom stereocenters. The van der Waals surface area contributed by atoms with Crippen LogP contribution in [0.5, 0.6) is 0 Å². The molecule has 0 bridgehead atoms. The number of esters is 1. The van der Waals surface area contributed by atoms with Crippen LogP contribution in [0.15, 0.2) is 0 Å². The highest BCUT2D eigenvalue weighted by molar-refractivity contribution is 5.77. The molecule has 0 aromatic carbocycles. The number of nitrogens with zero attached hydrogens (tertiary/aromatic N) is 2. The predicted octanol–water partition coefficient (Wildman–Crippen LogP) is 3.60. The van der Waals surface area contributed by atoms with Gasteiger partial charge in [-0.05, 0) is 46.0 Å². The Balaban J connectivity index is 3.01. The summed E-state index contributed by atoms with van der Waals surface area (Å²) in [5, 5.41) is 3.28. The first-order chi connectivity index (χ1) is 11.2. The summed E-state index contributed by atoms with van der Waals surface area (Å²) in [7, 11) is 3.08. The molecule has 6 nitrogen and oxygen atoms in total. The summed E-state index contributed by atoms with van der Waals surface area (Å²) >= 11 is 0. The molecule has 0 spiro atoms. The fourth-order valence-corrected chi connectivity index (χ4v) is 3.27. The average Bonchev–Trinajstić information content (AvgIpc) is 2.52. The molecule has 140 valence electrons. The Morgan fingerprint density at radius 1 is 1.17 bits per heavy atom. The second-order valence-electron chi connectivity index (χ2n) is 7.53. The number of hydrogen-bond acceptors (Lipinski definition) is 5. The van der Waals surface area contributed by atoms with Crippen LogP contribution in [-0.4, -0.2) is 54.4 Å². The quantitative estimate of drug-likeness (QED) is 0.545. The molecule has 1 saturated carbocycles. The molecule has 0 aromatic heterocycles. The van der Waals surface area contributed by atoms with Crippen LogP contribution in [0, 0.1) is 5.92 Å². The van der Waals surface area contributed by atoms with Gasteiger partial charge in [0.05, 0.1) is 7.11 Å². The van der Waals surface area contributed by atoms with Gasteiger partial charge in [0.2, 0.25) is 0 Å². The third-order valence-electron chi connectivity index (χ3n) is 4.36. The number of hydrazine groups is 1. The summed E-state index contributed by atoms with van der Waals surface area (Å²) in [5.41, 5.74) is -0.575. The zero-order chi connectivity index (χ0) is 18.3. The van der Waals surface area contributed by atoms with Crippen molar-refractivity contribution in [3.05, 3.63) is 0 Å². The molecule has 0 aliphatic heterocycles. The molecule has 1 atom stereocenters. The highest BCUT2D eigenvalue weighted by atomic mass is 16.6. The number of hydrogen-bond donors (Lipinski definition) is 0. The SMILES string of the molecule is CCCN([C@H](C(=O)OC)C1CCCCC1)N(C)C(=O)OC(C)(C)C. The van der Waals surface area contributed by atoms with Gasteiger partial charge < -0.3 is 9.47 Å². The van der Waals surface area contributed by atoms with Crippen LogP contribution in [0.3, 0.4) is 0 Å². The lowest BCUT2D eigenvalue weighted by Crippen LogP contribution is -2.57. The first kappa shape index (κ1) is 20.7. The highest BCUT2D eigenvalue weighted by Crippen LogP contribution is 2.30. The Kier molecular flexibility index (Phi) is 8.00. The molecule has 24 heavy (non-hydrogen) atoms. The monoisotopic (exact) mass is 342 g/mol. The van der Waals surface area contributed by atoms with E-state index >= 15 is 0 Å². The van der Waals surface area contributed by atoms with Crippen molar-refractivity contribution >= 4 is 12.1 Å². The van der Waals surface area contributed by atoms with Crippen LogP contribution < -0.4 is 0 Å². The molecular weight excluding hydrogens is 308 g/mol. The van der Waals surface area contributed by atoms with Crippen LogP contribution in [-0.2, 0) is 14.3 Å². The van der Waals surface area contributed by atoms with Gasteiger partial charge in [0.15, 0.2) is 0 Å². The van der Waals surface area contributed by atoms with Crippen LogP contribution >= 0.6 is 0 Å². The van der Waals surface area contributed by atoms with Crippen molar-refractivity contribution in [1.82, 2.24) is 10.0 Å². The lowest BCUT2D eigenvalue weighted by Gasteiger charge is -2.41. The molecule has 0 N–H and O–H groups in total. The summed E-state index contributed by atoms with van der Waals surface area (Å²) in [5.74, 6) is -0.0617. The molecule has 0 radical (unpaired) electrons. The number of rotatable bonds is 6. The minimum absolute atomic E-state index is 0.211. The summed E-state index contributed by atoms with van der Waals surface area (Å²) in [6, 6.07) is -0.437. The Labute approximate surface area is 146 Å². The van der Waals surface area contributed by atoms with Gasteiger partial charge in [-0.15, -0.1) is 0 Å². The molecule has 0 aromatic rings. The van der Waals surface area contributed by atoms with Gasteiger partial charge in [0, 0.05) is 13.6 Å². The van der Waals surface area contributed by atoms with E-state index in [1.165, 1.54) is 18.5 Å². The van der Waals surface area contributed by atoms with E-state index < -0.39 is 17.7 Å². The fraction of sp³-hybridized carbons (Fsp3) is 0.889. The maximum atomic E-state index is 12.5. The number of methoxy groups -OCH3 is 1. The topological polar surface area (TPSA) is 59.1 Å². The number of ether oxygens (including phenoxy) is 2. The molecule has 1 amide bonds. The lowest BCUT2D eigenvalue weighted by molar-refractivity contribution is -0.159. The lowest BCUT2D eigenvalue weighted by atomic mass is 9.83. The van der Waals surface area contributed by atoms with Crippen molar-refractivity contribution in [3.63, 3.8) is 0 Å². The molecule has 1 fully saturated rings. The molecule has 1 rings (SSSR count). The number of amides is 1. The Bertz CT molecular complexity index is 414. The average molecular weight is 342 g/mol. The van der Waals surface area contributed by atoms with Crippen molar-refractivity contribution in [3.8, 4) is 0 Å². The minimum Gasteiger partial charge on any atom is -0.468 e. The molecule has 0 saturated heterocycles. The molecular formula is C18H34N2O4. The van der Waals surface area contributed by atoms with Crippen LogP contribution in [0.1, 0.15) is 66.2 Å². The van der Waals surface area contributed by atoms with E-state index in [4.69, 9.17) is 9.47 Å². The van der Waals surface area contributed by atoms with Gasteiger partial charge in [0.1, 0.15) is 11.6 Å². The Hall–Kier alpha value is -1.30. The van der Waals surface area contributed by atoms with E-state index in [9.17, 15) is 9.59 Å². The van der Waals surface area contributed by atoms with Crippen LogP contribution in [0.2, 0.25) is 0 Å². The Morgan fingerprint density at radius 2 is 1.75 bits per heavy atom. The molecule has 0 heterocycles. The summed E-state index contributed by atoms with van der Waals surface area (Å²) in [6.45, 7) is 8.14. The summed E-state index contributed by atoms with van der Waals surface area (Å²) in [4.78, 5) is 25.0. The van der Waals surface area contributed by atoms with E-state index in [2.05, 4.69) is 0 Å². The maximum Gasteiger partial charge on any atom is 0.424 e. The number of carbonyl (C=O) groups excluding carboxylic acids is 2. The van der Waals surface area contributed by atoms with E-state index in [1.807, 2.05) is 32.7 Å².